The molecule has 1 aromatic carbocycles. The first-order chi connectivity index (χ1) is 13.2. The fourth-order valence-electron chi connectivity index (χ4n) is 2.25. The molecule has 0 unspecified atom stereocenters. The van der Waals surface area contributed by atoms with Crippen LogP contribution in [0.1, 0.15) is 15.4 Å². The van der Waals surface area contributed by atoms with Crippen LogP contribution >= 0.6 is 34.4 Å². The number of para-hydroxylation sites is 1. The number of benzene rings is 1. The van der Waals surface area contributed by atoms with Gasteiger partial charge in [0, 0.05) is 17.3 Å². The Kier molecular flexibility index (Phi) is 5.19. The second kappa shape index (κ2) is 7.91. The van der Waals surface area contributed by atoms with Crippen molar-refractivity contribution in [3.05, 3.63) is 58.8 Å². The van der Waals surface area contributed by atoms with E-state index in [1.54, 1.807) is 30.9 Å². The van der Waals surface area contributed by atoms with Gasteiger partial charge in [-0.15, -0.1) is 21.5 Å². The van der Waals surface area contributed by atoms with Gasteiger partial charge in [-0.1, -0.05) is 35.2 Å². The molecule has 0 spiro atoms. The summed E-state index contributed by atoms with van der Waals surface area (Å²) in [4.78, 5) is 27.1. The van der Waals surface area contributed by atoms with E-state index in [-0.39, 0.29) is 5.91 Å². The largest absolute Gasteiger partial charge is 0.320 e. The number of nitrogens with one attached hydrogen (secondary N) is 1. The highest BCUT2D eigenvalue weighted by atomic mass is 32.2. The molecule has 0 fully saturated rings. The zero-order chi connectivity index (χ0) is 18.6. The van der Waals surface area contributed by atoms with E-state index < -0.39 is 0 Å². The summed E-state index contributed by atoms with van der Waals surface area (Å²) in [6.45, 7) is 1.81. The van der Waals surface area contributed by atoms with E-state index in [0.29, 0.717) is 27.1 Å². The number of aromatic nitrogens is 5. The van der Waals surface area contributed by atoms with Gasteiger partial charge in [-0.3, -0.25) is 4.79 Å². The Morgan fingerprint density at radius 2 is 1.96 bits per heavy atom. The average molecular weight is 413 g/mol. The third-order valence-electron chi connectivity index (χ3n) is 3.43. The summed E-state index contributed by atoms with van der Waals surface area (Å²) in [7, 11) is 0. The molecular formula is C17H12N6OS3. The van der Waals surface area contributed by atoms with Crippen molar-refractivity contribution in [3.63, 3.8) is 0 Å². The topological polar surface area (TPSA) is 93.5 Å². The summed E-state index contributed by atoms with van der Waals surface area (Å²) in [6, 6.07) is 9.33. The van der Waals surface area contributed by atoms with Crippen molar-refractivity contribution in [2.45, 2.75) is 16.2 Å². The minimum absolute atomic E-state index is 0.211. The molecule has 4 rings (SSSR count). The molecule has 0 aliphatic heterocycles. The SMILES string of the molecule is Cc1nc(-c2ncccn2)sc1C(=O)Nc1ccccc1Sc1nncs1. The molecule has 27 heavy (non-hydrogen) atoms. The Bertz CT molecular complexity index is 1070. The van der Waals surface area contributed by atoms with Crippen LogP contribution in [0.4, 0.5) is 5.69 Å². The molecule has 0 saturated carbocycles. The molecule has 0 bridgehead atoms. The lowest BCUT2D eigenvalue weighted by atomic mass is 10.3. The standard InChI is InChI=1S/C17H12N6OS3/c1-10-13(27-16(21-10)14-18-7-4-8-19-14)15(24)22-11-5-2-3-6-12(11)26-17-23-20-9-25-17/h2-9H,1H3,(H,22,24). The van der Waals surface area contributed by atoms with Gasteiger partial charge in [0.2, 0.25) is 0 Å². The number of carbonyl (C=O) groups is 1. The lowest BCUT2D eigenvalue weighted by Crippen LogP contribution is -2.12. The maximum atomic E-state index is 12.8. The Morgan fingerprint density at radius 3 is 2.74 bits per heavy atom. The van der Waals surface area contributed by atoms with Crippen LogP contribution in [0.15, 0.2) is 57.5 Å². The van der Waals surface area contributed by atoms with Crippen molar-refractivity contribution in [1.82, 2.24) is 25.1 Å². The molecule has 0 saturated heterocycles. The summed E-state index contributed by atoms with van der Waals surface area (Å²) < 4.78 is 0.814. The predicted octanol–water partition coefficient (Wildman–Crippen LogP) is 4.16. The van der Waals surface area contributed by atoms with Gasteiger partial charge in [0.15, 0.2) is 15.2 Å². The molecule has 0 aliphatic carbocycles. The molecule has 3 aromatic heterocycles. The van der Waals surface area contributed by atoms with E-state index in [1.165, 1.54) is 34.4 Å². The van der Waals surface area contributed by atoms with E-state index in [9.17, 15) is 4.79 Å². The monoisotopic (exact) mass is 412 g/mol. The lowest BCUT2D eigenvalue weighted by Gasteiger charge is -2.08. The van der Waals surface area contributed by atoms with Gasteiger partial charge in [-0.05, 0) is 25.1 Å². The van der Waals surface area contributed by atoms with E-state index in [0.717, 1.165) is 9.24 Å². The molecule has 3 heterocycles. The van der Waals surface area contributed by atoms with Gasteiger partial charge in [0.1, 0.15) is 10.4 Å². The van der Waals surface area contributed by atoms with Crippen LogP contribution in [0.5, 0.6) is 0 Å². The molecule has 7 nitrogen and oxygen atoms in total. The molecule has 134 valence electrons. The number of aryl methyl sites for hydroxylation is 1. The highest BCUT2D eigenvalue weighted by molar-refractivity contribution is 8.01. The van der Waals surface area contributed by atoms with Gasteiger partial charge in [-0.25, -0.2) is 15.0 Å². The number of hydrogen-bond donors (Lipinski definition) is 1. The summed E-state index contributed by atoms with van der Waals surface area (Å²) in [5.74, 6) is 0.300. The number of thiazole rings is 1. The zero-order valence-electron chi connectivity index (χ0n) is 14.0. The number of amides is 1. The molecule has 1 amide bonds. The molecule has 1 N–H and O–H groups in total. The van der Waals surface area contributed by atoms with Gasteiger partial charge < -0.3 is 5.32 Å². The highest BCUT2D eigenvalue weighted by Crippen LogP contribution is 2.34. The minimum Gasteiger partial charge on any atom is -0.320 e. The van der Waals surface area contributed by atoms with Crippen LogP contribution < -0.4 is 5.32 Å². The summed E-state index contributed by atoms with van der Waals surface area (Å²) in [5, 5.41) is 11.5. The molecule has 10 heteroatoms. The van der Waals surface area contributed by atoms with Crippen molar-refractivity contribution in [2.75, 3.05) is 5.32 Å². The average Bonchev–Trinajstić information content (AvgIpc) is 3.34. The van der Waals surface area contributed by atoms with Crippen LogP contribution in [-0.4, -0.2) is 31.1 Å². The van der Waals surface area contributed by atoms with Crippen LogP contribution in [-0.2, 0) is 0 Å². The Morgan fingerprint density at radius 1 is 1.15 bits per heavy atom. The smallest absolute Gasteiger partial charge is 0.267 e. The lowest BCUT2D eigenvalue weighted by molar-refractivity contribution is 0.102. The zero-order valence-corrected chi connectivity index (χ0v) is 16.4. The summed E-state index contributed by atoms with van der Waals surface area (Å²) in [6.07, 6.45) is 3.31. The van der Waals surface area contributed by atoms with E-state index >= 15 is 0 Å². The second-order valence-electron chi connectivity index (χ2n) is 5.26. The highest BCUT2D eigenvalue weighted by Gasteiger charge is 2.18. The van der Waals surface area contributed by atoms with E-state index in [1.807, 2.05) is 24.3 Å². The van der Waals surface area contributed by atoms with Crippen molar-refractivity contribution in [2.24, 2.45) is 0 Å². The number of anilines is 1. The molecular weight excluding hydrogens is 400 g/mol. The minimum atomic E-state index is -0.211. The van der Waals surface area contributed by atoms with Crippen LogP contribution in [0.25, 0.3) is 10.8 Å². The third kappa shape index (κ3) is 4.02. The number of nitrogens with zero attached hydrogens (tertiary/aromatic N) is 5. The van der Waals surface area contributed by atoms with Gasteiger partial charge in [0.25, 0.3) is 5.91 Å². The third-order valence-corrected chi connectivity index (χ3v) is 6.44. The van der Waals surface area contributed by atoms with Crippen molar-refractivity contribution in [3.8, 4) is 10.8 Å². The van der Waals surface area contributed by atoms with E-state index in [2.05, 4.69) is 30.5 Å². The quantitative estimate of drug-likeness (QED) is 0.526. The molecule has 0 atom stereocenters. The first-order valence-corrected chi connectivity index (χ1v) is 10.3. The number of hydrogen-bond acceptors (Lipinski definition) is 9. The fraction of sp³-hybridized carbons (Fsp3) is 0.0588. The first-order valence-electron chi connectivity index (χ1n) is 7.80. The van der Waals surface area contributed by atoms with Gasteiger partial charge >= 0.3 is 0 Å². The van der Waals surface area contributed by atoms with Crippen molar-refractivity contribution < 1.29 is 4.79 Å². The first kappa shape index (κ1) is 17.7. The predicted molar refractivity (Wildman–Crippen MR) is 106 cm³/mol. The van der Waals surface area contributed by atoms with Crippen LogP contribution in [0.3, 0.4) is 0 Å². The summed E-state index contributed by atoms with van der Waals surface area (Å²) in [5.41, 5.74) is 3.04. The Balaban J connectivity index is 1.58. The maximum absolute atomic E-state index is 12.8. The Labute approximate surface area is 167 Å². The van der Waals surface area contributed by atoms with Crippen LogP contribution in [0.2, 0.25) is 0 Å². The molecule has 0 radical (unpaired) electrons. The van der Waals surface area contributed by atoms with Gasteiger partial charge in [0.05, 0.1) is 11.4 Å². The van der Waals surface area contributed by atoms with Crippen LogP contribution in [0, 0.1) is 6.92 Å². The molecule has 4 aromatic rings. The van der Waals surface area contributed by atoms with Crippen molar-refractivity contribution >= 4 is 46.0 Å². The van der Waals surface area contributed by atoms with Crippen molar-refractivity contribution in [1.29, 1.82) is 0 Å². The molecule has 0 aliphatic rings. The maximum Gasteiger partial charge on any atom is 0.267 e. The summed E-state index contributed by atoms with van der Waals surface area (Å²) >= 11 is 4.19. The van der Waals surface area contributed by atoms with E-state index in [4.69, 9.17) is 0 Å². The Hall–Kier alpha value is -2.69. The number of rotatable bonds is 5. The fourth-order valence-corrected chi connectivity index (χ4v) is 4.68. The second-order valence-corrected chi connectivity index (χ2v) is 8.38. The normalized spacial score (nSPS) is 10.7. The number of carbonyl (C=O) groups excluding carboxylic acids is 1. The van der Waals surface area contributed by atoms with Gasteiger partial charge in [-0.2, -0.15) is 0 Å².